The lowest BCUT2D eigenvalue weighted by molar-refractivity contribution is 0.000587. The van der Waals surface area contributed by atoms with Crippen molar-refractivity contribution in [2.24, 2.45) is 11.3 Å². The van der Waals surface area contributed by atoms with Gasteiger partial charge in [-0.05, 0) is 37.2 Å². The van der Waals surface area contributed by atoms with Crippen molar-refractivity contribution in [3.05, 3.63) is 35.9 Å². The van der Waals surface area contributed by atoms with Crippen LogP contribution in [0.25, 0.3) is 0 Å². The van der Waals surface area contributed by atoms with Crippen LogP contribution in [-0.4, -0.2) is 24.4 Å². The van der Waals surface area contributed by atoms with Crippen LogP contribution < -0.4 is 0 Å². The van der Waals surface area contributed by atoms with Crippen LogP contribution in [0.2, 0.25) is 0 Å². The minimum Gasteiger partial charge on any atom is -0.396 e. The van der Waals surface area contributed by atoms with Crippen molar-refractivity contribution in [3.8, 4) is 0 Å². The largest absolute Gasteiger partial charge is 0.396 e. The van der Waals surface area contributed by atoms with Gasteiger partial charge in [0.15, 0.2) is 0 Å². The molecular formula is C15H20O2. The van der Waals surface area contributed by atoms with Gasteiger partial charge in [0.25, 0.3) is 0 Å². The molecule has 2 heteroatoms. The van der Waals surface area contributed by atoms with Crippen molar-refractivity contribution in [3.63, 3.8) is 0 Å². The number of ether oxygens (including phenoxy) is 1. The van der Waals surface area contributed by atoms with Crippen LogP contribution in [0.3, 0.4) is 0 Å². The lowest BCUT2D eigenvalue weighted by atomic mass is 9.75. The Balaban J connectivity index is 1.81. The van der Waals surface area contributed by atoms with Crippen LogP contribution in [-0.2, 0) is 11.2 Å². The Hall–Kier alpha value is -0.860. The Morgan fingerprint density at radius 2 is 2.00 bits per heavy atom. The van der Waals surface area contributed by atoms with E-state index in [2.05, 4.69) is 24.3 Å². The summed E-state index contributed by atoms with van der Waals surface area (Å²) in [6.07, 6.45) is 4.79. The summed E-state index contributed by atoms with van der Waals surface area (Å²) in [5.74, 6) is 0.702. The molecule has 17 heavy (non-hydrogen) atoms. The number of hydrogen-bond donors (Lipinski definition) is 1. The third kappa shape index (κ3) is 2.12. The first-order chi connectivity index (χ1) is 8.34. The fraction of sp³-hybridized carbons (Fsp3) is 0.600. The molecule has 1 saturated heterocycles. The Morgan fingerprint density at radius 3 is 2.65 bits per heavy atom. The molecular weight excluding hydrogens is 212 g/mol. The van der Waals surface area contributed by atoms with E-state index in [-0.39, 0.29) is 18.1 Å². The molecule has 2 aliphatic rings. The zero-order chi connectivity index (χ0) is 11.7. The minimum atomic E-state index is -0.0253. The topological polar surface area (TPSA) is 29.5 Å². The van der Waals surface area contributed by atoms with Crippen molar-refractivity contribution >= 4 is 0 Å². The molecule has 2 unspecified atom stereocenters. The molecule has 1 N–H and O–H groups in total. The molecule has 2 atom stereocenters. The van der Waals surface area contributed by atoms with Gasteiger partial charge in [-0.2, -0.15) is 0 Å². The SMILES string of the molecule is OCC1(Cc2ccccc2)CCOC1C1CC1. The molecule has 0 amide bonds. The Bertz CT molecular complexity index is 372. The van der Waals surface area contributed by atoms with E-state index in [1.807, 2.05) is 6.07 Å². The smallest absolute Gasteiger partial charge is 0.0685 e. The summed E-state index contributed by atoms with van der Waals surface area (Å²) in [7, 11) is 0. The first-order valence-electron chi connectivity index (χ1n) is 6.60. The fourth-order valence-electron chi connectivity index (χ4n) is 3.16. The van der Waals surface area contributed by atoms with Crippen molar-refractivity contribution < 1.29 is 9.84 Å². The third-order valence-corrected chi connectivity index (χ3v) is 4.26. The van der Waals surface area contributed by atoms with Crippen LogP contribution in [0.15, 0.2) is 30.3 Å². The summed E-state index contributed by atoms with van der Waals surface area (Å²) in [6.45, 7) is 1.07. The fourth-order valence-corrected chi connectivity index (χ4v) is 3.16. The summed E-state index contributed by atoms with van der Waals surface area (Å²) >= 11 is 0. The number of aliphatic hydroxyl groups is 1. The van der Waals surface area contributed by atoms with E-state index in [1.165, 1.54) is 18.4 Å². The van der Waals surface area contributed by atoms with Gasteiger partial charge >= 0.3 is 0 Å². The van der Waals surface area contributed by atoms with Gasteiger partial charge in [0.2, 0.25) is 0 Å². The first-order valence-corrected chi connectivity index (χ1v) is 6.60. The monoisotopic (exact) mass is 232 g/mol. The molecule has 1 heterocycles. The van der Waals surface area contributed by atoms with Crippen molar-refractivity contribution in [2.45, 2.75) is 31.8 Å². The minimum absolute atomic E-state index is 0.0253. The van der Waals surface area contributed by atoms with E-state index in [0.717, 1.165) is 19.4 Å². The summed E-state index contributed by atoms with van der Waals surface area (Å²) < 4.78 is 5.90. The average Bonchev–Trinajstić information content (AvgIpc) is 3.13. The highest BCUT2D eigenvalue weighted by atomic mass is 16.5. The molecule has 2 nitrogen and oxygen atoms in total. The molecule has 2 fully saturated rings. The lowest BCUT2D eigenvalue weighted by Crippen LogP contribution is -2.38. The Kier molecular flexibility index (Phi) is 2.93. The van der Waals surface area contributed by atoms with Crippen molar-refractivity contribution in [1.29, 1.82) is 0 Å². The van der Waals surface area contributed by atoms with E-state index in [0.29, 0.717) is 5.92 Å². The van der Waals surface area contributed by atoms with Gasteiger partial charge in [0.05, 0.1) is 12.7 Å². The summed E-state index contributed by atoms with van der Waals surface area (Å²) in [4.78, 5) is 0. The molecule has 0 spiro atoms. The molecule has 0 radical (unpaired) electrons. The number of benzene rings is 1. The zero-order valence-corrected chi connectivity index (χ0v) is 10.1. The highest BCUT2D eigenvalue weighted by Crippen LogP contribution is 2.49. The van der Waals surface area contributed by atoms with Gasteiger partial charge in [-0.3, -0.25) is 0 Å². The molecule has 1 aliphatic carbocycles. The summed E-state index contributed by atoms with van der Waals surface area (Å²) in [6, 6.07) is 10.5. The summed E-state index contributed by atoms with van der Waals surface area (Å²) in [5, 5.41) is 9.84. The Labute approximate surface area is 103 Å². The molecule has 1 aliphatic heterocycles. The molecule has 1 aromatic rings. The summed E-state index contributed by atoms with van der Waals surface area (Å²) in [5.41, 5.74) is 1.29. The van der Waals surface area contributed by atoms with Gasteiger partial charge in [-0.15, -0.1) is 0 Å². The molecule has 0 aromatic heterocycles. The quantitative estimate of drug-likeness (QED) is 0.863. The van der Waals surface area contributed by atoms with Crippen molar-refractivity contribution in [2.75, 3.05) is 13.2 Å². The second-order valence-electron chi connectivity index (χ2n) is 5.56. The maximum atomic E-state index is 9.84. The van der Waals surface area contributed by atoms with Gasteiger partial charge in [0.1, 0.15) is 0 Å². The number of hydrogen-bond acceptors (Lipinski definition) is 2. The van der Waals surface area contributed by atoms with Crippen LogP contribution in [0.4, 0.5) is 0 Å². The Morgan fingerprint density at radius 1 is 1.24 bits per heavy atom. The van der Waals surface area contributed by atoms with E-state index < -0.39 is 0 Å². The molecule has 1 saturated carbocycles. The van der Waals surface area contributed by atoms with Crippen LogP contribution >= 0.6 is 0 Å². The highest BCUT2D eigenvalue weighted by Gasteiger charge is 2.50. The van der Waals surface area contributed by atoms with Gasteiger partial charge in [-0.1, -0.05) is 30.3 Å². The highest BCUT2D eigenvalue weighted by molar-refractivity contribution is 5.18. The number of aliphatic hydroxyl groups excluding tert-OH is 1. The predicted octanol–water partition coefficient (Wildman–Crippen LogP) is 2.41. The lowest BCUT2D eigenvalue weighted by Gasteiger charge is -2.32. The van der Waals surface area contributed by atoms with E-state index in [4.69, 9.17) is 4.74 Å². The van der Waals surface area contributed by atoms with Crippen LogP contribution in [0, 0.1) is 11.3 Å². The number of rotatable bonds is 4. The first kappa shape index (κ1) is 11.2. The maximum Gasteiger partial charge on any atom is 0.0685 e. The molecule has 3 rings (SSSR count). The normalized spacial score (nSPS) is 32.9. The second kappa shape index (κ2) is 4.43. The second-order valence-corrected chi connectivity index (χ2v) is 5.56. The zero-order valence-electron chi connectivity index (χ0n) is 10.1. The van der Waals surface area contributed by atoms with Crippen molar-refractivity contribution in [1.82, 2.24) is 0 Å². The average molecular weight is 232 g/mol. The van der Waals surface area contributed by atoms with Gasteiger partial charge in [-0.25, -0.2) is 0 Å². The van der Waals surface area contributed by atoms with Crippen LogP contribution in [0.5, 0.6) is 0 Å². The van der Waals surface area contributed by atoms with Crippen LogP contribution in [0.1, 0.15) is 24.8 Å². The maximum absolute atomic E-state index is 9.84. The predicted molar refractivity (Wildman–Crippen MR) is 66.7 cm³/mol. The standard InChI is InChI=1S/C15H20O2/c16-11-15(10-12-4-2-1-3-5-12)8-9-17-14(15)13-6-7-13/h1-5,13-14,16H,6-11H2. The van der Waals surface area contributed by atoms with Gasteiger partial charge in [0, 0.05) is 12.0 Å². The van der Waals surface area contributed by atoms with E-state index >= 15 is 0 Å². The molecule has 92 valence electrons. The molecule has 0 bridgehead atoms. The van der Waals surface area contributed by atoms with E-state index in [9.17, 15) is 5.11 Å². The third-order valence-electron chi connectivity index (χ3n) is 4.26. The van der Waals surface area contributed by atoms with Gasteiger partial charge < -0.3 is 9.84 Å². The van der Waals surface area contributed by atoms with E-state index in [1.54, 1.807) is 0 Å². The molecule has 1 aromatic carbocycles.